The second-order valence-electron chi connectivity index (χ2n) is 1.44. The third-order valence-electron chi connectivity index (χ3n) is 0.454. The van der Waals surface area contributed by atoms with Gasteiger partial charge in [0.2, 0.25) is 0 Å². The van der Waals surface area contributed by atoms with E-state index < -0.39 is 18.1 Å². The fourth-order valence-electron chi connectivity index (χ4n) is 0.256. The first-order valence-corrected chi connectivity index (χ1v) is 2.43. The van der Waals surface area contributed by atoms with E-state index in [-0.39, 0.29) is 81.2 Å². The van der Waals surface area contributed by atoms with Crippen molar-refractivity contribution in [3.63, 3.8) is 0 Å². The largest absolute Gasteiger partial charge is 2.00 e. The zero-order chi connectivity index (χ0) is 8.15. The molecule has 0 bridgehead atoms. The summed E-state index contributed by atoms with van der Waals surface area (Å²) in [5, 5.41) is 0. The van der Waals surface area contributed by atoms with E-state index in [0.29, 0.717) is 0 Å². The van der Waals surface area contributed by atoms with Gasteiger partial charge in [0, 0.05) is 13.8 Å². The quantitative estimate of drug-likeness (QED) is 0.331. The molecule has 0 amide bonds. The molecule has 0 spiro atoms. The van der Waals surface area contributed by atoms with Gasteiger partial charge in [-0.05, 0) is 0 Å². The molecular weight excluding hydrogens is 220 g/mol. The van der Waals surface area contributed by atoms with Crippen LogP contribution in [-0.2, 0) is 19.1 Å². The third kappa shape index (κ3) is 13.7. The average molecular weight is 230 g/mol. The maximum Gasteiger partial charge on any atom is 2.00 e. The fraction of sp³-hybridized carbons (Fsp3) is 0.400. The number of carbonyl (C=O) groups is 3. The van der Waals surface area contributed by atoms with Crippen molar-refractivity contribution < 1.29 is 29.6 Å². The van der Waals surface area contributed by atoms with Crippen molar-refractivity contribution in [1.29, 1.82) is 0 Å². The molecule has 0 aromatic heterocycles. The average Bonchev–Trinajstić information content (AvgIpc) is 1.58. The molecule has 0 rings (SSSR count). The Balaban J connectivity index is -0.0000000270. The summed E-state index contributed by atoms with van der Waals surface area (Å²) in [5.74, 6) is -1.63. The smallest absolute Gasteiger partial charge is 1.00 e. The summed E-state index contributed by atoms with van der Waals surface area (Å²) in [6.45, 7) is 2.06. The Bertz CT molecular complexity index is 174. The van der Waals surface area contributed by atoms with Gasteiger partial charge in [-0.25, -0.2) is 4.79 Å². The molecule has 0 saturated heterocycles. The first-order chi connectivity index (χ1) is 4.52. The first-order valence-electron chi connectivity index (χ1n) is 2.43. The molecule has 5 nitrogen and oxygen atoms in total. The normalized spacial score (nSPS) is 6.83. The summed E-state index contributed by atoms with van der Waals surface area (Å²) in [6, 6.07) is 0. The van der Waals surface area contributed by atoms with Gasteiger partial charge in [0.1, 0.15) is 0 Å². The molecule has 0 fully saturated rings. The van der Waals surface area contributed by atoms with Crippen LogP contribution in [-0.4, -0.2) is 93.6 Å². The van der Waals surface area contributed by atoms with Crippen LogP contribution in [0.2, 0.25) is 0 Å². The van der Waals surface area contributed by atoms with Crippen LogP contribution in [0.3, 0.4) is 0 Å². The van der Waals surface area contributed by atoms with Gasteiger partial charge in [-0.15, -0.1) is 0 Å². The van der Waals surface area contributed by atoms with Gasteiger partial charge in [0.15, 0.2) is 0 Å². The van der Waals surface area contributed by atoms with E-state index in [1.54, 1.807) is 0 Å². The number of hydrogen-bond donors (Lipinski definition) is 0. The molecule has 0 N–H and O–H groups in total. The summed E-state index contributed by atoms with van der Waals surface area (Å²) in [5.41, 5.74) is 0. The molecule has 0 aliphatic carbocycles. The van der Waals surface area contributed by atoms with Gasteiger partial charge in [0.05, 0.1) is 0 Å². The monoisotopic (exact) mass is 230 g/mol. The fourth-order valence-corrected chi connectivity index (χ4v) is 0.256. The zero-order valence-corrected chi connectivity index (χ0v) is 11.4. The van der Waals surface area contributed by atoms with Crippen LogP contribution in [0.25, 0.3) is 0 Å². The van der Waals surface area contributed by atoms with Gasteiger partial charge in [-0.2, -0.15) is 0 Å². The van der Waals surface area contributed by atoms with Gasteiger partial charge in [-0.3, -0.25) is 9.59 Å². The summed E-state index contributed by atoms with van der Waals surface area (Å²) in [7, 11) is 0. The minimum absolute atomic E-state index is 0. The van der Waals surface area contributed by atoms with Crippen molar-refractivity contribution in [2.75, 3.05) is 0 Å². The van der Waals surface area contributed by atoms with Gasteiger partial charge in [-0.1, -0.05) is 0 Å². The van der Waals surface area contributed by atoms with E-state index in [1.807, 2.05) is 0 Å². The van der Waals surface area contributed by atoms with Gasteiger partial charge >= 0.3 is 93.6 Å². The number of ether oxygens (including phenoxy) is 2. The minimum Gasteiger partial charge on any atom is -1.00 e. The van der Waals surface area contributed by atoms with Crippen LogP contribution in [0.15, 0.2) is 0 Å². The number of esters is 2. The standard InChI is InChI=1S/C5H6O5.2Ca.4H/c1-3(6)9-5(8)10-4(2)7;;;;;;/h1-2H3;;;;;;/q;2*+2;4*-1. The topological polar surface area (TPSA) is 69.7 Å². The molecule has 7 heteroatoms. The van der Waals surface area contributed by atoms with Crippen LogP contribution < -0.4 is 0 Å². The van der Waals surface area contributed by atoms with Crippen LogP contribution >= 0.6 is 0 Å². The Morgan fingerprint density at radius 2 is 1.17 bits per heavy atom. The van der Waals surface area contributed by atoms with Crippen LogP contribution in [0.5, 0.6) is 0 Å². The van der Waals surface area contributed by atoms with Gasteiger partial charge in [0.25, 0.3) is 0 Å². The van der Waals surface area contributed by atoms with Gasteiger partial charge < -0.3 is 15.2 Å². The Morgan fingerprint density at radius 1 is 0.917 bits per heavy atom. The summed E-state index contributed by atoms with van der Waals surface area (Å²) < 4.78 is 7.68. The maximum absolute atomic E-state index is 10.2. The van der Waals surface area contributed by atoms with Crippen molar-refractivity contribution in [3.05, 3.63) is 0 Å². The molecule has 0 aromatic carbocycles. The van der Waals surface area contributed by atoms with Crippen molar-refractivity contribution in [1.82, 2.24) is 0 Å². The van der Waals surface area contributed by atoms with E-state index in [4.69, 9.17) is 0 Å². The summed E-state index contributed by atoms with van der Waals surface area (Å²) in [6.07, 6.45) is -1.29. The molecule has 0 aliphatic heterocycles. The van der Waals surface area contributed by atoms with Crippen molar-refractivity contribution in [2.45, 2.75) is 13.8 Å². The molecule has 0 radical (unpaired) electrons. The van der Waals surface area contributed by atoms with E-state index in [0.717, 1.165) is 13.8 Å². The van der Waals surface area contributed by atoms with E-state index in [2.05, 4.69) is 9.47 Å². The zero-order valence-electron chi connectivity index (χ0n) is 11.0. The van der Waals surface area contributed by atoms with Crippen molar-refractivity contribution in [3.8, 4) is 0 Å². The summed E-state index contributed by atoms with van der Waals surface area (Å²) in [4.78, 5) is 30.2. The van der Waals surface area contributed by atoms with Crippen LogP contribution in [0, 0.1) is 0 Å². The minimum atomic E-state index is -1.29. The molecule has 0 aromatic rings. The molecule has 0 atom stereocenters. The van der Waals surface area contributed by atoms with Crippen molar-refractivity contribution >= 4 is 93.6 Å². The van der Waals surface area contributed by atoms with E-state index >= 15 is 0 Å². The molecule has 0 heterocycles. The van der Waals surface area contributed by atoms with Crippen molar-refractivity contribution in [2.24, 2.45) is 0 Å². The third-order valence-corrected chi connectivity index (χ3v) is 0.454. The van der Waals surface area contributed by atoms with E-state index in [1.165, 1.54) is 0 Å². The number of rotatable bonds is 0. The predicted molar refractivity (Wildman–Crippen MR) is 44.9 cm³/mol. The second kappa shape index (κ2) is 10.2. The Morgan fingerprint density at radius 3 is 1.33 bits per heavy atom. The first kappa shape index (κ1) is 18.8. The second-order valence-corrected chi connectivity index (χ2v) is 1.44. The molecule has 12 heavy (non-hydrogen) atoms. The van der Waals surface area contributed by atoms with E-state index in [9.17, 15) is 14.4 Å². The Kier molecular flexibility index (Phi) is 16.0. The molecule has 0 aliphatic rings. The number of hydrogen-bond acceptors (Lipinski definition) is 5. The molecule has 0 saturated carbocycles. The SMILES string of the molecule is CC(=O)OC(=O)OC(C)=O.[Ca+2].[Ca+2].[H-].[H-].[H-].[H-]. The molecule has 64 valence electrons. The Hall–Kier alpha value is 1.13. The Labute approximate surface area is 135 Å². The molecule has 0 unspecified atom stereocenters. The van der Waals surface area contributed by atoms with Crippen LogP contribution in [0.4, 0.5) is 4.79 Å². The molecular formula is C5H10Ca2O5. The van der Waals surface area contributed by atoms with Crippen LogP contribution in [0.1, 0.15) is 19.6 Å². The number of carbonyl (C=O) groups excluding carboxylic acids is 3. The predicted octanol–water partition coefficient (Wildman–Crippen LogP) is -0.0790. The maximum atomic E-state index is 10.2. The summed E-state index contributed by atoms with van der Waals surface area (Å²) >= 11 is 0.